The summed E-state index contributed by atoms with van der Waals surface area (Å²) in [4.78, 5) is 35.6. The van der Waals surface area contributed by atoms with E-state index in [1.54, 1.807) is 17.0 Å². The van der Waals surface area contributed by atoms with Gasteiger partial charge in [0, 0.05) is 19.4 Å². The van der Waals surface area contributed by atoms with Crippen molar-refractivity contribution in [1.82, 2.24) is 15.1 Å². The standard InChI is InChI=1S/C29H32Cl2N4O3/c1-34(2)14-6-11-28(36)35-18-23(33-38-19-20-12-13-25(30)26(31)15-20)16-27(35)29(37)32-17-22-9-5-8-21-7-3-4-10-24(21)22/h3-5,7-10,12-13,15,27H,6,11,14,16-19H2,1-2H3,(H,32,37)/b33-23+/t27-/m0/s1. The van der Waals surface area contributed by atoms with Gasteiger partial charge in [0.25, 0.3) is 0 Å². The molecule has 1 fully saturated rings. The minimum atomic E-state index is -0.635. The monoisotopic (exact) mass is 554 g/mol. The molecule has 0 aliphatic carbocycles. The molecule has 3 aromatic rings. The summed E-state index contributed by atoms with van der Waals surface area (Å²) in [6, 6.07) is 18.7. The van der Waals surface area contributed by atoms with Crippen molar-refractivity contribution in [2.45, 2.75) is 38.5 Å². The summed E-state index contributed by atoms with van der Waals surface area (Å²) in [6.45, 7) is 1.63. The summed E-state index contributed by atoms with van der Waals surface area (Å²) in [5.41, 5.74) is 2.50. The van der Waals surface area contributed by atoms with Crippen LogP contribution in [0.1, 0.15) is 30.4 Å². The number of halogens is 2. The number of carbonyl (C=O) groups excluding carboxylic acids is 2. The third kappa shape index (κ3) is 7.25. The van der Waals surface area contributed by atoms with Gasteiger partial charge in [0.05, 0.1) is 22.3 Å². The van der Waals surface area contributed by atoms with Crippen LogP contribution in [0.5, 0.6) is 0 Å². The van der Waals surface area contributed by atoms with E-state index >= 15 is 0 Å². The number of amides is 2. The molecule has 0 bridgehead atoms. The zero-order chi connectivity index (χ0) is 27.1. The lowest BCUT2D eigenvalue weighted by Crippen LogP contribution is -2.45. The second kappa shape index (κ2) is 13.1. The molecule has 4 rings (SSSR count). The summed E-state index contributed by atoms with van der Waals surface area (Å²) in [5.74, 6) is -0.263. The van der Waals surface area contributed by atoms with Gasteiger partial charge < -0.3 is 20.0 Å². The van der Waals surface area contributed by atoms with Gasteiger partial charge in [-0.15, -0.1) is 0 Å². The van der Waals surface area contributed by atoms with Crippen LogP contribution in [0.25, 0.3) is 10.8 Å². The molecule has 1 atom stereocenters. The molecular weight excluding hydrogens is 523 g/mol. The first-order valence-corrected chi connectivity index (χ1v) is 13.4. The van der Waals surface area contributed by atoms with E-state index in [2.05, 4.69) is 10.5 Å². The fourth-order valence-electron chi connectivity index (χ4n) is 4.53. The van der Waals surface area contributed by atoms with Gasteiger partial charge in [-0.05, 0) is 61.1 Å². The van der Waals surface area contributed by atoms with E-state index in [0.717, 1.165) is 28.4 Å². The van der Waals surface area contributed by atoms with Crippen LogP contribution in [0.3, 0.4) is 0 Å². The number of oxime groups is 1. The molecule has 0 aromatic heterocycles. The number of fused-ring (bicyclic) bond motifs is 1. The van der Waals surface area contributed by atoms with Gasteiger partial charge in [0.2, 0.25) is 11.8 Å². The van der Waals surface area contributed by atoms with Crippen LogP contribution in [0.2, 0.25) is 10.0 Å². The molecule has 1 saturated heterocycles. The Labute approximate surface area is 233 Å². The molecule has 0 saturated carbocycles. The van der Waals surface area contributed by atoms with Gasteiger partial charge in [-0.3, -0.25) is 9.59 Å². The average molecular weight is 556 g/mol. The molecule has 0 spiro atoms. The number of hydrogen-bond donors (Lipinski definition) is 1. The number of nitrogens with one attached hydrogen (secondary N) is 1. The fraction of sp³-hybridized carbons (Fsp3) is 0.345. The predicted octanol–water partition coefficient (Wildman–Crippen LogP) is 5.28. The van der Waals surface area contributed by atoms with Crippen LogP contribution in [0.15, 0.2) is 65.8 Å². The molecule has 0 radical (unpaired) electrons. The molecule has 1 N–H and O–H groups in total. The normalized spacial score (nSPS) is 16.4. The third-order valence-electron chi connectivity index (χ3n) is 6.52. The molecule has 1 aliphatic rings. The zero-order valence-electron chi connectivity index (χ0n) is 21.6. The second-order valence-corrected chi connectivity index (χ2v) is 10.5. The summed E-state index contributed by atoms with van der Waals surface area (Å²) in [7, 11) is 3.94. The van der Waals surface area contributed by atoms with Crippen molar-refractivity contribution < 1.29 is 14.4 Å². The molecule has 2 amide bonds. The maximum atomic E-state index is 13.3. The fourth-order valence-corrected chi connectivity index (χ4v) is 4.85. The van der Waals surface area contributed by atoms with Crippen LogP contribution in [0, 0.1) is 0 Å². The maximum absolute atomic E-state index is 13.3. The van der Waals surface area contributed by atoms with Crippen LogP contribution in [0.4, 0.5) is 0 Å². The molecule has 1 aliphatic heterocycles. The van der Waals surface area contributed by atoms with Crippen LogP contribution in [-0.4, -0.2) is 60.6 Å². The molecule has 7 nitrogen and oxygen atoms in total. The summed E-state index contributed by atoms with van der Waals surface area (Å²) < 4.78 is 0. The minimum Gasteiger partial charge on any atom is -0.391 e. The van der Waals surface area contributed by atoms with Crippen molar-refractivity contribution in [3.63, 3.8) is 0 Å². The summed E-state index contributed by atoms with van der Waals surface area (Å²) in [6.07, 6.45) is 1.40. The molecule has 0 unspecified atom stereocenters. The third-order valence-corrected chi connectivity index (χ3v) is 7.26. The first-order chi connectivity index (χ1) is 18.3. The highest BCUT2D eigenvalue weighted by Gasteiger charge is 2.37. The van der Waals surface area contributed by atoms with E-state index in [4.69, 9.17) is 28.0 Å². The quantitative estimate of drug-likeness (QED) is 0.346. The Morgan fingerprint density at radius 3 is 2.66 bits per heavy atom. The minimum absolute atomic E-state index is 0.0631. The van der Waals surface area contributed by atoms with Crippen molar-refractivity contribution in [1.29, 1.82) is 0 Å². The Bertz CT molecular complexity index is 1320. The predicted molar refractivity (Wildman–Crippen MR) is 152 cm³/mol. The van der Waals surface area contributed by atoms with E-state index in [9.17, 15) is 9.59 Å². The van der Waals surface area contributed by atoms with E-state index in [1.807, 2.05) is 67.5 Å². The molecule has 38 heavy (non-hydrogen) atoms. The van der Waals surface area contributed by atoms with Gasteiger partial charge in [-0.25, -0.2) is 0 Å². The first kappa shape index (κ1) is 27.9. The van der Waals surface area contributed by atoms with Gasteiger partial charge in [0.15, 0.2) is 0 Å². The van der Waals surface area contributed by atoms with E-state index < -0.39 is 6.04 Å². The van der Waals surface area contributed by atoms with Crippen molar-refractivity contribution in [3.8, 4) is 0 Å². The summed E-state index contributed by atoms with van der Waals surface area (Å²) in [5, 5.41) is 10.4. The molecular formula is C29H32Cl2N4O3. The SMILES string of the molecule is CN(C)CCCC(=O)N1C/C(=N/OCc2ccc(Cl)c(Cl)c2)C[C@H]1C(=O)NCc1cccc2ccccc12. The van der Waals surface area contributed by atoms with E-state index in [1.165, 1.54) is 0 Å². The van der Waals surface area contributed by atoms with E-state index in [0.29, 0.717) is 41.6 Å². The van der Waals surface area contributed by atoms with Crippen LogP contribution < -0.4 is 5.32 Å². The lowest BCUT2D eigenvalue weighted by molar-refractivity contribution is -0.138. The van der Waals surface area contributed by atoms with Crippen molar-refractivity contribution in [2.75, 3.05) is 27.2 Å². The number of nitrogens with zero attached hydrogens (tertiary/aromatic N) is 3. The highest BCUT2D eigenvalue weighted by Crippen LogP contribution is 2.24. The van der Waals surface area contributed by atoms with Crippen LogP contribution >= 0.6 is 23.2 Å². The average Bonchev–Trinajstić information content (AvgIpc) is 3.33. The number of likely N-dealkylation sites (tertiary alicyclic amines) is 1. The lowest BCUT2D eigenvalue weighted by Gasteiger charge is -2.24. The van der Waals surface area contributed by atoms with E-state index in [-0.39, 0.29) is 25.0 Å². The second-order valence-electron chi connectivity index (χ2n) is 9.68. The Morgan fingerprint density at radius 2 is 1.87 bits per heavy atom. The zero-order valence-corrected chi connectivity index (χ0v) is 23.1. The van der Waals surface area contributed by atoms with Crippen molar-refractivity contribution in [2.24, 2.45) is 5.16 Å². The first-order valence-electron chi connectivity index (χ1n) is 12.6. The number of carbonyl (C=O) groups is 2. The Kier molecular flexibility index (Phi) is 9.61. The van der Waals surface area contributed by atoms with Crippen molar-refractivity contribution in [3.05, 3.63) is 81.8 Å². The number of benzene rings is 3. The molecule has 9 heteroatoms. The lowest BCUT2D eigenvalue weighted by atomic mass is 10.0. The molecule has 1 heterocycles. The highest BCUT2D eigenvalue weighted by molar-refractivity contribution is 6.42. The van der Waals surface area contributed by atoms with Crippen molar-refractivity contribution >= 4 is 51.5 Å². The van der Waals surface area contributed by atoms with Gasteiger partial charge in [-0.2, -0.15) is 0 Å². The van der Waals surface area contributed by atoms with Crippen LogP contribution in [-0.2, 0) is 27.6 Å². The summed E-state index contributed by atoms with van der Waals surface area (Å²) >= 11 is 12.1. The Hall–Kier alpha value is -3.13. The van der Waals surface area contributed by atoms with Gasteiger partial charge in [0.1, 0.15) is 12.6 Å². The van der Waals surface area contributed by atoms with Gasteiger partial charge >= 0.3 is 0 Å². The maximum Gasteiger partial charge on any atom is 0.243 e. The smallest absolute Gasteiger partial charge is 0.243 e. The highest BCUT2D eigenvalue weighted by atomic mass is 35.5. The number of hydrogen-bond acceptors (Lipinski definition) is 5. The van der Waals surface area contributed by atoms with Gasteiger partial charge in [-0.1, -0.05) is 76.9 Å². The largest absolute Gasteiger partial charge is 0.391 e. The topological polar surface area (TPSA) is 74.2 Å². The number of rotatable bonds is 10. The molecule has 3 aromatic carbocycles. The Balaban J connectivity index is 1.43. The Morgan fingerprint density at radius 1 is 1.08 bits per heavy atom. The molecule has 200 valence electrons.